The molecule has 0 radical (unpaired) electrons. The number of halogens is 1. The molecule has 1 fully saturated rings. The van der Waals surface area contributed by atoms with Crippen LogP contribution in [-0.2, 0) is 9.84 Å². The van der Waals surface area contributed by atoms with Crippen molar-refractivity contribution in [1.82, 2.24) is 9.97 Å². The first-order valence-corrected chi connectivity index (χ1v) is 11.9. The molecule has 32 heavy (non-hydrogen) atoms. The van der Waals surface area contributed by atoms with E-state index in [9.17, 15) is 8.42 Å². The first-order valence-electron chi connectivity index (χ1n) is 10.1. The zero-order chi connectivity index (χ0) is 22.9. The molecule has 0 saturated carbocycles. The highest BCUT2D eigenvalue weighted by Gasteiger charge is 2.28. The van der Waals surface area contributed by atoms with E-state index in [0.717, 1.165) is 13.1 Å². The smallest absolute Gasteiger partial charge is 0.227 e. The highest BCUT2D eigenvalue weighted by Crippen LogP contribution is 2.33. The summed E-state index contributed by atoms with van der Waals surface area (Å²) in [6, 6.07) is 12.8. The maximum Gasteiger partial charge on any atom is 0.227 e. The number of benzene rings is 2. The number of anilines is 3. The number of aromatic nitrogens is 2. The van der Waals surface area contributed by atoms with Gasteiger partial charge in [0.05, 0.1) is 13.3 Å². The largest absolute Gasteiger partial charge is 0.495 e. The van der Waals surface area contributed by atoms with Gasteiger partial charge in [0.2, 0.25) is 15.8 Å². The van der Waals surface area contributed by atoms with E-state index in [4.69, 9.17) is 22.1 Å². The van der Waals surface area contributed by atoms with Crippen LogP contribution in [0.3, 0.4) is 0 Å². The van der Waals surface area contributed by atoms with Crippen molar-refractivity contribution in [1.29, 1.82) is 0 Å². The third-order valence-corrected chi connectivity index (χ3v) is 7.46. The predicted molar refractivity (Wildman–Crippen MR) is 126 cm³/mol. The second-order valence-corrected chi connectivity index (χ2v) is 9.85. The summed E-state index contributed by atoms with van der Waals surface area (Å²) in [5, 5.41) is 0.270. The number of aryl methyl sites for hydroxylation is 1. The molecule has 0 unspecified atom stereocenters. The molecule has 168 valence electrons. The highest BCUT2D eigenvalue weighted by molar-refractivity contribution is 7.91. The van der Waals surface area contributed by atoms with Crippen molar-refractivity contribution in [3.8, 4) is 5.75 Å². The molecular weight excluding hydrogens is 450 g/mol. The summed E-state index contributed by atoms with van der Waals surface area (Å²) < 4.78 is 31.5. The zero-order valence-electron chi connectivity index (χ0n) is 17.8. The van der Waals surface area contributed by atoms with Crippen molar-refractivity contribution in [2.45, 2.75) is 16.7 Å². The molecule has 0 amide bonds. The van der Waals surface area contributed by atoms with Crippen LogP contribution in [0.1, 0.15) is 5.56 Å². The van der Waals surface area contributed by atoms with Crippen LogP contribution < -0.4 is 20.3 Å². The number of nitrogens with zero attached hydrogens (tertiary/aromatic N) is 4. The molecule has 0 atom stereocenters. The molecule has 1 saturated heterocycles. The summed E-state index contributed by atoms with van der Waals surface area (Å²) in [6.45, 7) is 5.05. The van der Waals surface area contributed by atoms with Gasteiger partial charge >= 0.3 is 0 Å². The third-order valence-electron chi connectivity index (χ3n) is 5.44. The molecule has 1 aliphatic heterocycles. The molecule has 2 N–H and O–H groups in total. The Morgan fingerprint density at radius 3 is 2.28 bits per heavy atom. The van der Waals surface area contributed by atoms with Gasteiger partial charge in [0.1, 0.15) is 21.4 Å². The minimum atomic E-state index is -4.02. The van der Waals surface area contributed by atoms with Crippen molar-refractivity contribution < 1.29 is 13.2 Å². The summed E-state index contributed by atoms with van der Waals surface area (Å²) in [4.78, 5) is 12.6. The van der Waals surface area contributed by atoms with Crippen LogP contribution in [-0.4, -0.2) is 51.7 Å². The van der Waals surface area contributed by atoms with Gasteiger partial charge in [-0.1, -0.05) is 29.3 Å². The van der Waals surface area contributed by atoms with Crippen molar-refractivity contribution in [3.63, 3.8) is 0 Å². The van der Waals surface area contributed by atoms with E-state index < -0.39 is 9.84 Å². The second-order valence-electron chi connectivity index (χ2n) is 7.53. The van der Waals surface area contributed by atoms with Gasteiger partial charge < -0.3 is 20.3 Å². The highest BCUT2D eigenvalue weighted by atomic mass is 35.5. The van der Waals surface area contributed by atoms with Crippen LogP contribution in [0.4, 0.5) is 17.5 Å². The number of nitrogen functional groups attached to an aromatic ring is 1. The van der Waals surface area contributed by atoms with Gasteiger partial charge in [-0.2, -0.15) is 4.98 Å². The molecule has 0 bridgehead atoms. The Morgan fingerprint density at radius 2 is 1.66 bits per heavy atom. The van der Waals surface area contributed by atoms with Crippen LogP contribution >= 0.6 is 11.6 Å². The second kappa shape index (κ2) is 8.84. The molecule has 4 rings (SSSR count). The Labute approximate surface area is 192 Å². The predicted octanol–water partition coefficient (Wildman–Crippen LogP) is 3.19. The SMILES string of the molecule is COc1ccc(Cl)cc1S(=O)(=O)c1cnc(N2CCN(c3ccc(C)cc3)CC2)nc1N. The van der Waals surface area contributed by atoms with Crippen LogP contribution in [0.15, 0.2) is 58.5 Å². The fraction of sp³-hybridized carbons (Fsp3) is 0.273. The number of hydrogen-bond acceptors (Lipinski definition) is 8. The summed E-state index contributed by atoms with van der Waals surface area (Å²) in [6.07, 6.45) is 1.25. The Morgan fingerprint density at radius 1 is 1.00 bits per heavy atom. The van der Waals surface area contributed by atoms with Gasteiger partial charge in [-0.15, -0.1) is 0 Å². The summed E-state index contributed by atoms with van der Waals surface area (Å²) in [5.74, 6) is 0.464. The molecular formula is C22H24ClN5O3S. The van der Waals surface area contributed by atoms with Gasteiger partial charge in [0.15, 0.2) is 0 Å². The van der Waals surface area contributed by atoms with Crippen molar-refractivity contribution in [3.05, 3.63) is 59.2 Å². The lowest BCUT2D eigenvalue weighted by molar-refractivity contribution is 0.402. The minimum absolute atomic E-state index is 0.0812. The molecule has 3 aromatic rings. The molecule has 10 heteroatoms. The van der Waals surface area contributed by atoms with E-state index in [1.54, 1.807) is 6.07 Å². The van der Waals surface area contributed by atoms with E-state index in [-0.39, 0.29) is 26.4 Å². The van der Waals surface area contributed by atoms with E-state index >= 15 is 0 Å². The Balaban J connectivity index is 1.54. The van der Waals surface area contributed by atoms with Gasteiger partial charge in [0.25, 0.3) is 0 Å². The number of nitrogens with two attached hydrogens (primary N) is 1. The fourth-order valence-corrected chi connectivity index (χ4v) is 5.32. The van der Waals surface area contributed by atoms with Crippen molar-refractivity contribution in [2.24, 2.45) is 0 Å². The summed E-state index contributed by atoms with van der Waals surface area (Å²) in [5.41, 5.74) is 8.47. The number of rotatable bonds is 5. The Hall–Kier alpha value is -3.04. The number of piperazine rings is 1. The quantitative estimate of drug-likeness (QED) is 0.602. The first kappa shape index (κ1) is 22.2. The maximum absolute atomic E-state index is 13.2. The molecule has 2 heterocycles. The zero-order valence-corrected chi connectivity index (χ0v) is 19.4. The lowest BCUT2D eigenvalue weighted by Crippen LogP contribution is -2.47. The van der Waals surface area contributed by atoms with E-state index in [0.29, 0.717) is 19.0 Å². The third kappa shape index (κ3) is 4.31. The standard InChI is InChI=1S/C22H24ClN5O3S/c1-15-3-6-17(7-4-15)27-9-11-28(12-10-27)22-25-14-20(21(24)26-22)32(29,30)19-13-16(23)5-8-18(19)31-2/h3-8,13-14H,9-12H2,1-2H3,(H2,24,25,26). The Bertz CT molecular complexity index is 1230. The van der Waals surface area contributed by atoms with Crippen LogP contribution in [0.5, 0.6) is 5.75 Å². The normalized spacial score (nSPS) is 14.5. The number of methoxy groups -OCH3 is 1. The van der Waals surface area contributed by atoms with Gasteiger partial charge in [-0.25, -0.2) is 13.4 Å². The van der Waals surface area contributed by atoms with Crippen LogP contribution in [0.2, 0.25) is 5.02 Å². The molecule has 2 aromatic carbocycles. The molecule has 0 aliphatic carbocycles. The molecule has 1 aromatic heterocycles. The summed E-state index contributed by atoms with van der Waals surface area (Å²) >= 11 is 6.00. The topological polar surface area (TPSA) is 102 Å². The van der Waals surface area contributed by atoms with Crippen molar-refractivity contribution >= 4 is 38.9 Å². The number of ether oxygens (including phenoxy) is 1. The Kier molecular flexibility index (Phi) is 6.12. The fourth-order valence-electron chi connectivity index (χ4n) is 3.63. The number of hydrogen-bond donors (Lipinski definition) is 1. The van der Waals surface area contributed by atoms with Crippen LogP contribution in [0.25, 0.3) is 0 Å². The summed E-state index contributed by atoms with van der Waals surface area (Å²) in [7, 11) is -2.63. The van der Waals surface area contributed by atoms with Gasteiger partial charge in [-0.3, -0.25) is 0 Å². The molecule has 1 aliphatic rings. The molecule has 8 nitrogen and oxygen atoms in total. The van der Waals surface area contributed by atoms with E-state index in [2.05, 4.69) is 46.1 Å². The van der Waals surface area contributed by atoms with Crippen LogP contribution in [0, 0.1) is 6.92 Å². The van der Waals surface area contributed by atoms with Crippen molar-refractivity contribution in [2.75, 3.05) is 48.8 Å². The van der Waals surface area contributed by atoms with E-state index in [1.807, 2.05) is 4.90 Å². The van der Waals surface area contributed by atoms with Gasteiger partial charge in [-0.05, 0) is 37.3 Å². The van der Waals surface area contributed by atoms with E-state index in [1.165, 1.54) is 36.7 Å². The average molecular weight is 474 g/mol. The first-order chi connectivity index (χ1) is 15.3. The monoisotopic (exact) mass is 473 g/mol. The maximum atomic E-state index is 13.2. The lowest BCUT2D eigenvalue weighted by Gasteiger charge is -2.36. The molecule has 0 spiro atoms. The number of sulfone groups is 1. The average Bonchev–Trinajstić information content (AvgIpc) is 2.79. The minimum Gasteiger partial charge on any atom is -0.495 e. The lowest BCUT2D eigenvalue weighted by atomic mass is 10.2. The van der Waals surface area contributed by atoms with Gasteiger partial charge in [0, 0.05) is 36.9 Å².